The zero-order valence-corrected chi connectivity index (χ0v) is 14.7. The van der Waals surface area contributed by atoms with Crippen LogP contribution in [0.4, 0.5) is 0 Å². The number of aliphatic carboxylic acids is 1. The number of carboxylic acids is 1. The van der Waals surface area contributed by atoms with E-state index < -0.39 is 11.8 Å². The molecular weight excluding hydrogens is 304 g/mol. The van der Waals surface area contributed by atoms with Gasteiger partial charge in [-0.05, 0) is 38.2 Å². The van der Waals surface area contributed by atoms with Crippen LogP contribution in [0.3, 0.4) is 0 Å². The topological polar surface area (TPSA) is 71.4 Å². The lowest BCUT2D eigenvalue weighted by atomic mass is 10.1. The third kappa shape index (κ3) is 14.9. The summed E-state index contributed by atoms with van der Waals surface area (Å²) < 4.78 is 0. The Morgan fingerprint density at radius 3 is 2.12 bits per heavy atom. The zero-order valence-electron chi connectivity index (χ0n) is 14.7. The van der Waals surface area contributed by atoms with E-state index in [9.17, 15) is 14.4 Å². The van der Waals surface area contributed by atoms with Crippen molar-refractivity contribution >= 4 is 17.5 Å². The second-order valence-electron chi connectivity index (χ2n) is 5.73. The number of Topliss-reactive ketones (excluding diaryl/α,β-unsaturated/α-hetero) is 1. The molecule has 0 fully saturated rings. The molecule has 0 saturated heterocycles. The van der Waals surface area contributed by atoms with Crippen molar-refractivity contribution in [2.75, 3.05) is 0 Å². The van der Waals surface area contributed by atoms with E-state index in [1.165, 1.54) is 38.2 Å². The lowest BCUT2D eigenvalue weighted by Gasteiger charge is -1.94. The number of rotatable bonds is 15. The van der Waals surface area contributed by atoms with Crippen LogP contribution < -0.4 is 0 Å². The van der Waals surface area contributed by atoms with Gasteiger partial charge in [-0.1, -0.05) is 56.6 Å². The number of hydrogen-bond acceptors (Lipinski definition) is 3. The van der Waals surface area contributed by atoms with Crippen molar-refractivity contribution < 1.29 is 19.5 Å². The van der Waals surface area contributed by atoms with Crippen LogP contribution in [-0.4, -0.2) is 22.6 Å². The molecule has 0 rings (SSSR count). The average molecular weight is 334 g/mol. The lowest BCUT2D eigenvalue weighted by molar-refractivity contribution is -0.149. The fraction of sp³-hybridized carbons (Fsp3) is 0.550. The first-order chi connectivity index (χ1) is 11.6. The molecule has 0 bridgehead atoms. The van der Waals surface area contributed by atoms with Gasteiger partial charge in [-0.2, -0.15) is 0 Å². The second kappa shape index (κ2) is 15.9. The van der Waals surface area contributed by atoms with Gasteiger partial charge in [0.25, 0.3) is 0 Å². The Kier molecular flexibility index (Phi) is 14.6. The standard InChI is InChI=1S/C20H30O4/c1-2-3-4-5-6-7-8-9-10-11-12-13-14-15-18(21)16-17-19(22)20(23)24/h7-8,12-15H,2-6,9-11,16-17H2,1H3,(H,23,24). The Morgan fingerprint density at radius 2 is 1.46 bits per heavy atom. The first kappa shape index (κ1) is 22.0. The highest BCUT2D eigenvalue weighted by atomic mass is 16.4. The fourth-order valence-corrected chi connectivity index (χ4v) is 2.04. The summed E-state index contributed by atoms with van der Waals surface area (Å²) >= 11 is 0. The fourth-order valence-electron chi connectivity index (χ4n) is 2.04. The number of carbonyl (C=O) groups is 3. The maximum absolute atomic E-state index is 11.4. The summed E-state index contributed by atoms with van der Waals surface area (Å²) in [6, 6.07) is 0. The Balaban J connectivity index is 3.60. The summed E-state index contributed by atoms with van der Waals surface area (Å²) in [4.78, 5) is 32.5. The summed E-state index contributed by atoms with van der Waals surface area (Å²) in [5, 5.41) is 8.40. The van der Waals surface area contributed by atoms with E-state index >= 15 is 0 Å². The monoisotopic (exact) mass is 334 g/mol. The number of carboxylic acid groups (broad SMARTS) is 1. The minimum Gasteiger partial charge on any atom is -0.476 e. The predicted molar refractivity (Wildman–Crippen MR) is 96.9 cm³/mol. The van der Waals surface area contributed by atoms with Gasteiger partial charge in [0.1, 0.15) is 0 Å². The number of unbranched alkanes of at least 4 members (excludes halogenated alkanes) is 6. The molecule has 0 radical (unpaired) electrons. The van der Waals surface area contributed by atoms with Crippen LogP contribution in [0.25, 0.3) is 0 Å². The summed E-state index contributed by atoms with van der Waals surface area (Å²) in [5.41, 5.74) is 0. The smallest absolute Gasteiger partial charge is 0.372 e. The molecule has 0 aliphatic rings. The van der Waals surface area contributed by atoms with Crippen LogP contribution in [0, 0.1) is 0 Å². The van der Waals surface area contributed by atoms with Gasteiger partial charge in [-0.3, -0.25) is 9.59 Å². The highest BCUT2D eigenvalue weighted by Gasteiger charge is 2.11. The van der Waals surface area contributed by atoms with Gasteiger partial charge in [-0.15, -0.1) is 0 Å². The minimum atomic E-state index is -1.48. The molecule has 0 aromatic rings. The molecule has 0 aromatic carbocycles. The van der Waals surface area contributed by atoms with Gasteiger partial charge in [0, 0.05) is 12.8 Å². The Hall–Kier alpha value is -1.97. The molecule has 0 aliphatic heterocycles. The van der Waals surface area contributed by atoms with Crippen molar-refractivity contribution in [3.05, 3.63) is 36.5 Å². The van der Waals surface area contributed by atoms with Crippen LogP contribution >= 0.6 is 0 Å². The van der Waals surface area contributed by atoms with Crippen LogP contribution in [0.5, 0.6) is 0 Å². The third-order valence-electron chi connectivity index (χ3n) is 3.50. The summed E-state index contributed by atoms with van der Waals surface area (Å²) in [7, 11) is 0. The summed E-state index contributed by atoms with van der Waals surface area (Å²) in [5.74, 6) is -2.65. The SMILES string of the molecule is CCCCCCC=CCCCC=CC=CC(=O)CCC(=O)C(=O)O. The molecule has 0 aromatic heterocycles. The van der Waals surface area contributed by atoms with Crippen LogP contribution in [-0.2, 0) is 14.4 Å². The molecule has 0 amide bonds. The highest BCUT2D eigenvalue weighted by molar-refractivity contribution is 6.33. The largest absolute Gasteiger partial charge is 0.476 e. The molecule has 0 heterocycles. The normalized spacial score (nSPS) is 11.7. The molecular formula is C20H30O4. The van der Waals surface area contributed by atoms with Gasteiger partial charge in [0.05, 0.1) is 0 Å². The molecule has 0 unspecified atom stereocenters. The van der Waals surface area contributed by atoms with Crippen molar-refractivity contribution in [1.82, 2.24) is 0 Å². The number of allylic oxidation sites excluding steroid dienone is 6. The van der Waals surface area contributed by atoms with Crippen LogP contribution in [0.2, 0.25) is 0 Å². The van der Waals surface area contributed by atoms with Gasteiger partial charge >= 0.3 is 5.97 Å². The summed E-state index contributed by atoms with van der Waals surface area (Å²) in [6.45, 7) is 2.22. The second-order valence-corrected chi connectivity index (χ2v) is 5.73. The average Bonchev–Trinajstić information content (AvgIpc) is 2.56. The molecule has 4 nitrogen and oxygen atoms in total. The van der Waals surface area contributed by atoms with Gasteiger partial charge in [-0.25, -0.2) is 4.79 Å². The van der Waals surface area contributed by atoms with Crippen molar-refractivity contribution in [3.63, 3.8) is 0 Å². The molecule has 0 atom stereocenters. The first-order valence-corrected chi connectivity index (χ1v) is 8.85. The van der Waals surface area contributed by atoms with Crippen molar-refractivity contribution in [3.8, 4) is 0 Å². The highest BCUT2D eigenvalue weighted by Crippen LogP contribution is 2.04. The Morgan fingerprint density at radius 1 is 0.792 bits per heavy atom. The van der Waals surface area contributed by atoms with E-state index in [4.69, 9.17) is 5.11 Å². The molecule has 0 saturated carbocycles. The zero-order chi connectivity index (χ0) is 18.0. The van der Waals surface area contributed by atoms with E-state index in [0.717, 1.165) is 19.3 Å². The van der Waals surface area contributed by atoms with E-state index in [2.05, 4.69) is 19.1 Å². The molecule has 0 aliphatic carbocycles. The van der Waals surface area contributed by atoms with Crippen LogP contribution in [0.1, 0.15) is 71.1 Å². The lowest BCUT2D eigenvalue weighted by Crippen LogP contribution is -2.13. The van der Waals surface area contributed by atoms with E-state index in [0.29, 0.717) is 0 Å². The van der Waals surface area contributed by atoms with Gasteiger partial charge in [0.2, 0.25) is 5.78 Å². The Bertz CT molecular complexity index is 458. The van der Waals surface area contributed by atoms with E-state index in [1.807, 2.05) is 12.2 Å². The predicted octanol–water partition coefficient (Wildman–Crippen LogP) is 4.80. The molecule has 134 valence electrons. The maximum Gasteiger partial charge on any atom is 0.372 e. The summed E-state index contributed by atoms with van der Waals surface area (Å²) in [6.07, 6.45) is 20.5. The third-order valence-corrected chi connectivity index (χ3v) is 3.50. The van der Waals surface area contributed by atoms with Crippen molar-refractivity contribution in [2.45, 2.75) is 71.1 Å². The molecule has 4 heteroatoms. The molecule has 24 heavy (non-hydrogen) atoms. The maximum atomic E-state index is 11.4. The number of ketones is 2. The quantitative estimate of drug-likeness (QED) is 0.153. The molecule has 1 N–H and O–H groups in total. The first-order valence-electron chi connectivity index (χ1n) is 8.85. The van der Waals surface area contributed by atoms with Crippen molar-refractivity contribution in [1.29, 1.82) is 0 Å². The number of hydrogen-bond donors (Lipinski definition) is 1. The molecule has 0 spiro atoms. The van der Waals surface area contributed by atoms with Crippen molar-refractivity contribution in [2.24, 2.45) is 0 Å². The van der Waals surface area contributed by atoms with Gasteiger partial charge < -0.3 is 5.11 Å². The number of carbonyl (C=O) groups excluding carboxylic acids is 2. The van der Waals surface area contributed by atoms with E-state index in [1.54, 1.807) is 6.08 Å². The Labute approximate surface area is 145 Å². The van der Waals surface area contributed by atoms with Crippen LogP contribution in [0.15, 0.2) is 36.5 Å². The van der Waals surface area contributed by atoms with E-state index in [-0.39, 0.29) is 18.6 Å². The van der Waals surface area contributed by atoms with Gasteiger partial charge in [0.15, 0.2) is 5.78 Å². The minimum absolute atomic E-state index is 0.0570.